The van der Waals surface area contributed by atoms with Gasteiger partial charge in [-0.15, -0.1) is 0 Å². The lowest BCUT2D eigenvalue weighted by Crippen LogP contribution is -2.49. The Bertz CT molecular complexity index is 549. The van der Waals surface area contributed by atoms with E-state index in [1.54, 1.807) is 16.8 Å². The van der Waals surface area contributed by atoms with E-state index in [1.165, 1.54) is 0 Å². The highest BCUT2D eigenvalue weighted by molar-refractivity contribution is 6.03. The third-order valence-electron chi connectivity index (χ3n) is 3.45. The van der Waals surface area contributed by atoms with Crippen molar-refractivity contribution in [2.24, 2.45) is 5.41 Å². The molecule has 114 valence electrons. The summed E-state index contributed by atoms with van der Waals surface area (Å²) in [4.78, 5) is 27.9. The number of carbonyl (C=O) groups excluding carboxylic acids is 2. The van der Waals surface area contributed by atoms with Crippen molar-refractivity contribution >= 4 is 23.3 Å². The second kappa shape index (κ2) is 5.76. The van der Waals surface area contributed by atoms with Gasteiger partial charge in [0, 0.05) is 26.6 Å². The molecule has 5 nitrogen and oxygen atoms in total. The van der Waals surface area contributed by atoms with E-state index in [2.05, 4.69) is 26.1 Å². The van der Waals surface area contributed by atoms with E-state index in [4.69, 9.17) is 0 Å². The molecule has 0 spiro atoms. The highest BCUT2D eigenvalue weighted by atomic mass is 16.2. The van der Waals surface area contributed by atoms with Gasteiger partial charge in [-0.1, -0.05) is 32.9 Å². The van der Waals surface area contributed by atoms with Gasteiger partial charge in [0.15, 0.2) is 0 Å². The van der Waals surface area contributed by atoms with Crippen molar-refractivity contribution in [1.29, 1.82) is 0 Å². The molecular weight excluding hydrogens is 266 g/mol. The van der Waals surface area contributed by atoms with Crippen molar-refractivity contribution in [1.82, 2.24) is 5.32 Å². The van der Waals surface area contributed by atoms with Crippen LogP contribution in [0.3, 0.4) is 0 Å². The quantitative estimate of drug-likeness (QED) is 0.864. The summed E-state index contributed by atoms with van der Waals surface area (Å²) >= 11 is 0. The lowest BCUT2D eigenvalue weighted by atomic mass is 9.91. The van der Waals surface area contributed by atoms with Crippen molar-refractivity contribution in [2.45, 2.75) is 27.2 Å². The first kappa shape index (κ1) is 15.4. The van der Waals surface area contributed by atoms with Gasteiger partial charge in [-0.25, -0.2) is 4.79 Å². The van der Waals surface area contributed by atoms with Gasteiger partial charge >= 0.3 is 6.03 Å². The van der Waals surface area contributed by atoms with E-state index in [-0.39, 0.29) is 17.4 Å². The fourth-order valence-corrected chi connectivity index (χ4v) is 2.52. The highest BCUT2D eigenvalue weighted by Gasteiger charge is 2.30. The molecule has 0 atom stereocenters. The predicted molar refractivity (Wildman–Crippen MR) is 84.7 cm³/mol. The lowest BCUT2D eigenvalue weighted by molar-refractivity contribution is -0.120. The number of nitrogens with one attached hydrogen (secondary N) is 1. The van der Waals surface area contributed by atoms with Crippen molar-refractivity contribution in [2.75, 3.05) is 29.9 Å². The van der Waals surface area contributed by atoms with Gasteiger partial charge in [0.25, 0.3) is 0 Å². The van der Waals surface area contributed by atoms with Crippen LogP contribution in [0.4, 0.5) is 16.2 Å². The fraction of sp³-hybridized carbons (Fsp3) is 0.500. The van der Waals surface area contributed by atoms with Crippen LogP contribution in [0.1, 0.15) is 27.2 Å². The minimum absolute atomic E-state index is 0.0516. The third kappa shape index (κ3) is 3.35. The van der Waals surface area contributed by atoms with Crippen LogP contribution < -0.4 is 15.1 Å². The first-order valence-electron chi connectivity index (χ1n) is 7.22. The summed E-state index contributed by atoms with van der Waals surface area (Å²) in [6.07, 6.45) is 0.487. The molecule has 3 amide bonds. The summed E-state index contributed by atoms with van der Waals surface area (Å²) in [6, 6.07) is 7.40. The molecule has 1 aliphatic heterocycles. The smallest absolute Gasteiger partial charge is 0.321 e. The maximum atomic E-state index is 12.5. The van der Waals surface area contributed by atoms with Crippen LogP contribution in [-0.4, -0.2) is 32.1 Å². The van der Waals surface area contributed by atoms with Gasteiger partial charge in [-0.2, -0.15) is 0 Å². The maximum Gasteiger partial charge on any atom is 0.321 e. The van der Waals surface area contributed by atoms with Gasteiger partial charge in [-0.05, 0) is 17.5 Å². The summed E-state index contributed by atoms with van der Waals surface area (Å²) in [7, 11) is 1.61. The Hall–Kier alpha value is -2.04. The van der Waals surface area contributed by atoms with Crippen molar-refractivity contribution in [3.05, 3.63) is 24.3 Å². The van der Waals surface area contributed by atoms with Crippen LogP contribution in [0.15, 0.2) is 24.3 Å². The Kier molecular flexibility index (Phi) is 4.21. The number of benzene rings is 1. The van der Waals surface area contributed by atoms with Crippen molar-refractivity contribution in [3.8, 4) is 0 Å². The molecule has 1 aromatic carbocycles. The summed E-state index contributed by atoms with van der Waals surface area (Å²) in [6.45, 7) is 7.19. The number of nitrogens with zero attached hydrogens (tertiary/aromatic N) is 2. The zero-order chi connectivity index (χ0) is 15.6. The molecule has 1 heterocycles. The van der Waals surface area contributed by atoms with Crippen molar-refractivity contribution in [3.63, 3.8) is 0 Å². The minimum Gasteiger partial charge on any atom is -0.341 e. The molecule has 21 heavy (non-hydrogen) atoms. The number of fused-ring (bicyclic) bond motifs is 1. The topological polar surface area (TPSA) is 52.7 Å². The Labute approximate surface area is 125 Å². The molecule has 1 aromatic rings. The van der Waals surface area contributed by atoms with Gasteiger partial charge in [0.05, 0.1) is 11.4 Å². The number of carbonyl (C=O) groups is 2. The van der Waals surface area contributed by atoms with E-state index >= 15 is 0 Å². The zero-order valence-electron chi connectivity index (χ0n) is 13.1. The monoisotopic (exact) mass is 289 g/mol. The number of hydrogen-bond acceptors (Lipinski definition) is 2. The Morgan fingerprint density at radius 3 is 2.14 bits per heavy atom. The number of anilines is 2. The summed E-state index contributed by atoms with van der Waals surface area (Å²) in [5.41, 5.74) is 1.54. The Morgan fingerprint density at radius 1 is 1.10 bits per heavy atom. The minimum atomic E-state index is -0.148. The summed E-state index contributed by atoms with van der Waals surface area (Å²) < 4.78 is 0. The third-order valence-corrected chi connectivity index (χ3v) is 3.45. The van der Waals surface area contributed by atoms with E-state index in [1.807, 2.05) is 24.3 Å². The molecule has 0 fully saturated rings. The molecule has 0 radical (unpaired) electrons. The van der Waals surface area contributed by atoms with Crippen LogP contribution in [0.2, 0.25) is 0 Å². The molecule has 0 aliphatic carbocycles. The summed E-state index contributed by atoms with van der Waals surface area (Å²) in [5, 5.41) is 2.64. The highest BCUT2D eigenvalue weighted by Crippen LogP contribution is 2.34. The van der Waals surface area contributed by atoms with E-state index in [0.717, 1.165) is 11.4 Å². The molecule has 1 aliphatic rings. The maximum absolute atomic E-state index is 12.5. The standard InChI is InChI=1S/C16H23N3O2/c1-16(2,3)11-14(20)18-9-10-19(15(21)17-4)13-8-6-5-7-12(13)18/h5-8H,9-11H2,1-4H3,(H,17,21). The second-order valence-corrected chi connectivity index (χ2v) is 6.48. The molecule has 5 heteroatoms. The number of para-hydroxylation sites is 2. The summed E-state index contributed by atoms with van der Waals surface area (Å²) in [5.74, 6) is 0.103. The predicted octanol–water partition coefficient (Wildman–Crippen LogP) is 2.62. The number of rotatable bonds is 1. The molecule has 0 unspecified atom stereocenters. The number of amides is 3. The number of hydrogen-bond donors (Lipinski definition) is 1. The van der Waals surface area contributed by atoms with E-state index < -0.39 is 0 Å². The van der Waals surface area contributed by atoms with Crippen LogP contribution in [0, 0.1) is 5.41 Å². The van der Waals surface area contributed by atoms with E-state index in [0.29, 0.717) is 19.5 Å². The SMILES string of the molecule is CNC(=O)N1CCN(C(=O)CC(C)(C)C)c2ccccc21. The first-order chi connectivity index (χ1) is 9.83. The van der Waals surface area contributed by atoms with Gasteiger partial charge < -0.3 is 10.2 Å². The van der Waals surface area contributed by atoms with Gasteiger partial charge in [0.2, 0.25) is 5.91 Å². The van der Waals surface area contributed by atoms with Gasteiger partial charge in [0.1, 0.15) is 0 Å². The molecule has 0 bridgehead atoms. The normalized spacial score (nSPS) is 14.7. The second-order valence-electron chi connectivity index (χ2n) is 6.48. The molecule has 2 rings (SSSR count). The van der Waals surface area contributed by atoms with Crippen LogP contribution in [-0.2, 0) is 4.79 Å². The number of urea groups is 1. The molecule has 0 saturated heterocycles. The van der Waals surface area contributed by atoms with Gasteiger partial charge in [-0.3, -0.25) is 9.69 Å². The van der Waals surface area contributed by atoms with E-state index in [9.17, 15) is 9.59 Å². The lowest BCUT2D eigenvalue weighted by Gasteiger charge is -2.37. The average Bonchev–Trinajstić information content (AvgIpc) is 2.43. The zero-order valence-corrected chi connectivity index (χ0v) is 13.1. The molecular formula is C16H23N3O2. The average molecular weight is 289 g/mol. The molecule has 0 saturated carbocycles. The van der Waals surface area contributed by atoms with Crippen molar-refractivity contribution < 1.29 is 9.59 Å². The van der Waals surface area contributed by atoms with Crippen LogP contribution >= 0.6 is 0 Å². The van der Waals surface area contributed by atoms with Crippen LogP contribution in [0.25, 0.3) is 0 Å². The van der Waals surface area contributed by atoms with Crippen LogP contribution in [0.5, 0.6) is 0 Å². The fourth-order valence-electron chi connectivity index (χ4n) is 2.52. The first-order valence-corrected chi connectivity index (χ1v) is 7.22. The molecule has 0 aromatic heterocycles. The Morgan fingerprint density at radius 2 is 1.62 bits per heavy atom. The largest absolute Gasteiger partial charge is 0.341 e. The Balaban J connectivity index is 2.31. The molecule has 1 N–H and O–H groups in total.